The van der Waals surface area contributed by atoms with Crippen LogP contribution in [-0.4, -0.2) is 18.4 Å². The summed E-state index contributed by atoms with van der Waals surface area (Å²) in [5.74, 6) is -0.973. The quantitative estimate of drug-likeness (QED) is 0.535. The zero-order valence-electron chi connectivity index (χ0n) is 13.1. The lowest BCUT2D eigenvalue weighted by atomic mass is 10.2. The lowest BCUT2D eigenvalue weighted by Crippen LogP contribution is -2.21. The SMILES string of the molecule is N[C@H](Nc1cc(F)c(S(=O)(=O)Nc2nccs2)cc1Cl)c1cccnc1. The van der Waals surface area contributed by atoms with Gasteiger partial charge in [0.2, 0.25) is 0 Å². The van der Waals surface area contributed by atoms with Gasteiger partial charge in [-0.15, -0.1) is 11.3 Å². The molecule has 0 bridgehead atoms. The maximum atomic E-state index is 14.4. The van der Waals surface area contributed by atoms with Crippen molar-refractivity contribution < 1.29 is 12.8 Å². The molecule has 2 heterocycles. The van der Waals surface area contributed by atoms with Crippen LogP contribution < -0.4 is 15.8 Å². The summed E-state index contributed by atoms with van der Waals surface area (Å²) in [5.41, 5.74) is 6.81. The molecule has 0 aliphatic carbocycles. The van der Waals surface area contributed by atoms with Crippen LogP contribution in [0, 0.1) is 5.82 Å². The molecular formula is C15H13ClFN5O2S2. The van der Waals surface area contributed by atoms with Crippen molar-refractivity contribution in [2.45, 2.75) is 11.1 Å². The van der Waals surface area contributed by atoms with Crippen molar-refractivity contribution in [3.05, 3.63) is 64.6 Å². The molecule has 0 unspecified atom stereocenters. The second-order valence-corrected chi connectivity index (χ2v) is 8.07. The molecule has 0 aliphatic heterocycles. The normalized spacial score (nSPS) is 12.6. The maximum Gasteiger partial charge on any atom is 0.266 e. The highest BCUT2D eigenvalue weighted by atomic mass is 35.5. The summed E-state index contributed by atoms with van der Waals surface area (Å²) in [6.45, 7) is 0. The number of hydrogen-bond acceptors (Lipinski definition) is 7. The fourth-order valence-electron chi connectivity index (χ4n) is 2.10. The Kier molecular flexibility index (Phi) is 5.37. The summed E-state index contributed by atoms with van der Waals surface area (Å²) >= 11 is 7.19. The van der Waals surface area contributed by atoms with Crippen LogP contribution in [0.25, 0.3) is 0 Å². The highest BCUT2D eigenvalue weighted by Crippen LogP contribution is 2.31. The number of rotatable bonds is 6. The van der Waals surface area contributed by atoms with E-state index in [0.29, 0.717) is 5.56 Å². The fourth-order valence-corrected chi connectivity index (χ4v) is 4.26. The first-order valence-corrected chi connectivity index (χ1v) is 9.94. The summed E-state index contributed by atoms with van der Waals surface area (Å²) in [6, 6.07) is 5.45. The number of nitrogens with two attached hydrogens (primary N) is 1. The molecule has 0 saturated heterocycles. The molecule has 3 rings (SSSR count). The molecule has 0 aliphatic rings. The maximum absolute atomic E-state index is 14.4. The number of anilines is 2. The number of pyridine rings is 1. The van der Waals surface area contributed by atoms with E-state index in [1.54, 1.807) is 29.9 Å². The molecule has 7 nitrogen and oxygen atoms in total. The van der Waals surface area contributed by atoms with Gasteiger partial charge in [-0.2, -0.15) is 0 Å². The van der Waals surface area contributed by atoms with Crippen molar-refractivity contribution in [3.63, 3.8) is 0 Å². The average molecular weight is 414 g/mol. The third-order valence-corrected chi connectivity index (χ3v) is 5.80. The Morgan fingerprint density at radius 1 is 1.31 bits per heavy atom. The van der Waals surface area contributed by atoms with E-state index in [1.807, 2.05) is 0 Å². The Morgan fingerprint density at radius 2 is 2.12 bits per heavy atom. The van der Waals surface area contributed by atoms with Gasteiger partial charge in [-0.3, -0.25) is 9.71 Å². The zero-order chi connectivity index (χ0) is 18.7. The van der Waals surface area contributed by atoms with Crippen LogP contribution in [0.2, 0.25) is 5.02 Å². The number of sulfonamides is 1. The van der Waals surface area contributed by atoms with E-state index in [-0.39, 0.29) is 15.8 Å². The van der Waals surface area contributed by atoms with E-state index in [2.05, 4.69) is 20.0 Å². The molecule has 2 aromatic heterocycles. The molecule has 0 saturated carbocycles. The first-order chi connectivity index (χ1) is 12.4. The number of benzene rings is 1. The summed E-state index contributed by atoms with van der Waals surface area (Å²) in [5, 5.41) is 4.55. The Labute approximate surface area is 158 Å². The number of hydrogen-bond donors (Lipinski definition) is 3. The number of nitrogens with one attached hydrogen (secondary N) is 2. The van der Waals surface area contributed by atoms with Gasteiger partial charge in [0, 0.05) is 29.5 Å². The lowest BCUT2D eigenvalue weighted by Gasteiger charge is -2.17. The molecular weight excluding hydrogens is 401 g/mol. The molecule has 0 spiro atoms. The number of aromatic nitrogens is 2. The number of halogens is 2. The van der Waals surface area contributed by atoms with Crippen molar-refractivity contribution in [2.24, 2.45) is 5.73 Å². The highest BCUT2D eigenvalue weighted by Gasteiger charge is 2.23. The van der Waals surface area contributed by atoms with Gasteiger partial charge >= 0.3 is 0 Å². The van der Waals surface area contributed by atoms with Gasteiger partial charge in [0.15, 0.2) is 5.13 Å². The van der Waals surface area contributed by atoms with Crippen LogP contribution >= 0.6 is 22.9 Å². The van der Waals surface area contributed by atoms with Gasteiger partial charge in [0.25, 0.3) is 10.0 Å². The van der Waals surface area contributed by atoms with Crippen LogP contribution in [0.15, 0.2) is 53.1 Å². The van der Waals surface area contributed by atoms with Gasteiger partial charge < -0.3 is 11.1 Å². The molecule has 4 N–H and O–H groups in total. The van der Waals surface area contributed by atoms with Gasteiger partial charge in [-0.05, 0) is 18.2 Å². The largest absolute Gasteiger partial charge is 0.365 e. The smallest absolute Gasteiger partial charge is 0.266 e. The second-order valence-electron chi connectivity index (χ2n) is 5.11. The zero-order valence-corrected chi connectivity index (χ0v) is 15.4. The minimum Gasteiger partial charge on any atom is -0.365 e. The topological polar surface area (TPSA) is 110 Å². The van der Waals surface area contributed by atoms with Crippen molar-refractivity contribution in [1.82, 2.24) is 9.97 Å². The van der Waals surface area contributed by atoms with Gasteiger partial charge in [0.05, 0.1) is 10.7 Å². The predicted octanol–water partition coefficient (Wildman–Crippen LogP) is 3.20. The monoisotopic (exact) mass is 413 g/mol. The first kappa shape index (κ1) is 18.5. The second kappa shape index (κ2) is 7.54. The minimum absolute atomic E-state index is 0.00486. The minimum atomic E-state index is -4.16. The molecule has 11 heteroatoms. The summed E-state index contributed by atoms with van der Waals surface area (Å²) in [6.07, 6.45) is 3.88. The highest BCUT2D eigenvalue weighted by molar-refractivity contribution is 7.93. The van der Waals surface area contributed by atoms with Crippen molar-refractivity contribution in [3.8, 4) is 0 Å². The lowest BCUT2D eigenvalue weighted by molar-refractivity contribution is 0.570. The third-order valence-electron chi connectivity index (χ3n) is 3.32. The van der Waals surface area contributed by atoms with Crippen LogP contribution in [0.4, 0.5) is 15.2 Å². The molecule has 0 fully saturated rings. The Hall–Kier alpha value is -2.27. The summed E-state index contributed by atoms with van der Waals surface area (Å²) in [4.78, 5) is 7.17. The van der Waals surface area contributed by atoms with E-state index >= 15 is 0 Å². The van der Waals surface area contributed by atoms with Crippen LogP contribution in [0.5, 0.6) is 0 Å². The van der Waals surface area contributed by atoms with Crippen molar-refractivity contribution in [2.75, 3.05) is 10.0 Å². The van der Waals surface area contributed by atoms with E-state index in [4.69, 9.17) is 17.3 Å². The van der Waals surface area contributed by atoms with Crippen LogP contribution in [-0.2, 0) is 10.0 Å². The predicted molar refractivity (Wildman–Crippen MR) is 99.1 cm³/mol. The van der Waals surface area contributed by atoms with E-state index < -0.39 is 26.9 Å². The average Bonchev–Trinajstić information content (AvgIpc) is 3.10. The van der Waals surface area contributed by atoms with E-state index in [1.165, 1.54) is 6.20 Å². The molecule has 1 atom stereocenters. The molecule has 26 heavy (non-hydrogen) atoms. The van der Waals surface area contributed by atoms with Crippen molar-refractivity contribution in [1.29, 1.82) is 0 Å². The van der Waals surface area contributed by atoms with Gasteiger partial charge in [0.1, 0.15) is 16.9 Å². The van der Waals surface area contributed by atoms with E-state index in [9.17, 15) is 12.8 Å². The van der Waals surface area contributed by atoms with Crippen molar-refractivity contribution >= 4 is 43.8 Å². The molecule has 136 valence electrons. The standard InChI is InChI=1S/C15H13ClFN5O2S2/c16-10-6-13(26(23,24)22-15-20-4-5-25-15)11(17)7-12(10)21-14(18)9-2-1-3-19-8-9/h1-8,14,21H,18H2,(H,20,22)/t14-/m1/s1. The van der Waals surface area contributed by atoms with Crippen LogP contribution in [0.3, 0.4) is 0 Å². The van der Waals surface area contributed by atoms with Gasteiger partial charge in [-0.25, -0.2) is 17.8 Å². The van der Waals surface area contributed by atoms with Crippen LogP contribution in [0.1, 0.15) is 11.7 Å². The molecule has 1 aromatic carbocycles. The first-order valence-electron chi connectivity index (χ1n) is 7.20. The third kappa shape index (κ3) is 4.10. The van der Waals surface area contributed by atoms with E-state index in [0.717, 1.165) is 23.5 Å². The molecule has 3 aromatic rings. The number of nitrogens with zero attached hydrogens (tertiary/aromatic N) is 2. The Bertz CT molecular complexity index is 1000. The fraction of sp³-hybridized carbons (Fsp3) is 0.0667. The summed E-state index contributed by atoms with van der Waals surface area (Å²) in [7, 11) is -4.16. The number of thiazole rings is 1. The Balaban J connectivity index is 1.86. The van der Waals surface area contributed by atoms with Gasteiger partial charge in [-0.1, -0.05) is 17.7 Å². The molecule has 0 radical (unpaired) electrons. The molecule has 0 amide bonds. The summed E-state index contributed by atoms with van der Waals surface area (Å²) < 4.78 is 41.3. The Morgan fingerprint density at radius 3 is 2.77 bits per heavy atom.